The van der Waals surface area contributed by atoms with E-state index in [9.17, 15) is 9.90 Å². The molecular weight excluding hydrogens is 254 g/mol. The van der Waals surface area contributed by atoms with Gasteiger partial charge in [0.25, 0.3) is 0 Å². The van der Waals surface area contributed by atoms with Crippen LogP contribution in [-0.2, 0) is 17.8 Å². The molecule has 0 bridgehead atoms. The predicted molar refractivity (Wildman–Crippen MR) is 77.6 cm³/mol. The van der Waals surface area contributed by atoms with E-state index in [2.05, 4.69) is 17.2 Å². The number of aliphatic carboxylic acids is 1. The van der Waals surface area contributed by atoms with E-state index in [1.165, 1.54) is 0 Å². The molecule has 5 heteroatoms. The van der Waals surface area contributed by atoms with E-state index in [0.717, 1.165) is 31.5 Å². The summed E-state index contributed by atoms with van der Waals surface area (Å²) in [5.41, 5.74) is -0.864. The molecule has 0 aliphatic heterocycles. The standard InChI is InChI=1S/C15H25N3O2/c1-4-5-13-16-8-9-18(13)10-15(14(19)20,12-6-7-12)17-11(2)3/h8-9,11-12,17H,4-7,10H2,1-3H3,(H,19,20). The summed E-state index contributed by atoms with van der Waals surface area (Å²) < 4.78 is 2.01. The zero-order chi connectivity index (χ0) is 14.8. The maximum absolute atomic E-state index is 11.9. The molecular formula is C15H25N3O2. The highest BCUT2D eigenvalue weighted by atomic mass is 16.4. The van der Waals surface area contributed by atoms with Crippen LogP contribution in [0.4, 0.5) is 0 Å². The molecule has 0 amide bonds. The largest absolute Gasteiger partial charge is 0.480 e. The third-order valence-electron chi connectivity index (χ3n) is 3.90. The minimum Gasteiger partial charge on any atom is -0.480 e. The van der Waals surface area contributed by atoms with E-state index in [-0.39, 0.29) is 12.0 Å². The summed E-state index contributed by atoms with van der Waals surface area (Å²) in [6, 6.07) is 0.143. The molecule has 112 valence electrons. The minimum absolute atomic E-state index is 0.143. The molecule has 2 rings (SSSR count). The van der Waals surface area contributed by atoms with Gasteiger partial charge in [-0.3, -0.25) is 10.1 Å². The van der Waals surface area contributed by atoms with Crippen LogP contribution in [0.3, 0.4) is 0 Å². The number of imidazole rings is 1. The summed E-state index contributed by atoms with van der Waals surface area (Å²) >= 11 is 0. The van der Waals surface area contributed by atoms with Crippen LogP contribution in [0.25, 0.3) is 0 Å². The Morgan fingerprint density at radius 1 is 1.60 bits per heavy atom. The van der Waals surface area contributed by atoms with Crippen molar-refractivity contribution in [3.05, 3.63) is 18.2 Å². The average molecular weight is 279 g/mol. The van der Waals surface area contributed by atoms with Gasteiger partial charge in [-0.25, -0.2) is 4.98 Å². The van der Waals surface area contributed by atoms with Gasteiger partial charge in [0.2, 0.25) is 0 Å². The smallest absolute Gasteiger partial charge is 0.326 e. The van der Waals surface area contributed by atoms with Crippen molar-refractivity contribution >= 4 is 5.97 Å². The Bertz CT molecular complexity index is 465. The molecule has 1 aromatic rings. The molecule has 1 aliphatic carbocycles. The average Bonchev–Trinajstić information content (AvgIpc) is 3.13. The number of aromatic nitrogens is 2. The highest BCUT2D eigenvalue weighted by molar-refractivity contribution is 5.80. The fourth-order valence-corrected chi connectivity index (χ4v) is 2.89. The molecule has 0 spiro atoms. The van der Waals surface area contributed by atoms with Gasteiger partial charge in [0.05, 0.1) is 6.54 Å². The van der Waals surface area contributed by atoms with E-state index >= 15 is 0 Å². The summed E-state index contributed by atoms with van der Waals surface area (Å²) in [7, 11) is 0. The molecule has 1 atom stereocenters. The van der Waals surface area contributed by atoms with Crippen molar-refractivity contribution in [3.63, 3.8) is 0 Å². The zero-order valence-corrected chi connectivity index (χ0v) is 12.6. The summed E-state index contributed by atoms with van der Waals surface area (Å²) in [6.07, 6.45) is 7.54. The van der Waals surface area contributed by atoms with Gasteiger partial charge < -0.3 is 9.67 Å². The Balaban J connectivity index is 2.26. The van der Waals surface area contributed by atoms with E-state index in [1.807, 2.05) is 24.6 Å². The van der Waals surface area contributed by atoms with Crippen molar-refractivity contribution in [3.8, 4) is 0 Å². The topological polar surface area (TPSA) is 67.2 Å². The molecule has 2 N–H and O–H groups in total. The maximum Gasteiger partial charge on any atom is 0.326 e. The molecule has 0 aromatic carbocycles. The highest BCUT2D eigenvalue weighted by Gasteiger charge is 2.51. The van der Waals surface area contributed by atoms with E-state index in [0.29, 0.717) is 6.54 Å². The van der Waals surface area contributed by atoms with Gasteiger partial charge in [-0.1, -0.05) is 6.92 Å². The number of rotatable bonds is 8. The first-order valence-electron chi connectivity index (χ1n) is 7.50. The second kappa shape index (κ2) is 5.95. The molecule has 1 aromatic heterocycles. The van der Waals surface area contributed by atoms with Gasteiger partial charge in [-0.2, -0.15) is 0 Å². The minimum atomic E-state index is -0.864. The molecule has 1 heterocycles. The van der Waals surface area contributed by atoms with Crippen molar-refractivity contribution in [2.24, 2.45) is 5.92 Å². The Hall–Kier alpha value is -1.36. The Kier molecular flexibility index (Phi) is 4.48. The third kappa shape index (κ3) is 3.03. The van der Waals surface area contributed by atoms with Gasteiger partial charge in [-0.05, 0) is 39.0 Å². The normalized spacial score (nSPS) is 18.2. The zero-order valence-electron chi connectivity index (χ0n) is 12.6. The van der Waals surface area contributed by atoms with Crippen molar-refractivity contribution in [1.82, 2.24) is 14.9 Å². The van der Waals surface area contributed by atoms with Crippen molar-refractivity contribution in [2.45, 2.75) is 64.6 Å². The van der Waals surface area contributed by atoms with Gasteiger partial charge in [-0.15, -0.1) is 0 Å². The summed E-state index contributed by atoms with van der Waals surface area (Å²) in [5.74, 6) is 0.452. The lowest BCUT2D eigenvalue weighted by molar-refractivity contribution is -0.147. The molecule has 1 saturated carbocycles. The fraction of sp³-hybridized carbons (Fsp3) is 0.733. The van der Waals surface area contributed by atoms with Crippen molar-refractivity contribution in [2.75, 3.05) is 0 Å². The van der Waals surface area contributed by atoms with Crippen molar-refractivity contribution < 1.29 is 9.90 Å². The summed E-state index contributed by atoms with van der Waals surface area (Å²) in [4.78, 5) is 16.3. The van der Waals surface area contributed by atoms with Crippen LogP contribution in [0, 0.1) is 5.92 Å². The van der Waals surface area contributed by atoms with Gasteiger partial charge in [0.15, 0.2) is 0 Å². The molecule has 1 unspecified atom stereocenters. The van der Waals surface area contributed by atoms with Crippen LogP contribution in [0.2, 0.25) is 0 Å². The molecule has 0 saturated heterocycles. The second-order valence-electron chi connectivity index (χ2n) is 6.07. The van der Waals surface area contributed by atoms with Crippen LogP contribution in [-0.4, -0.2) is 32.2 Å². The number of carbonyl (C=O) groups is 1. The number of carboxylic acid groups (broad SMARTS) is 1. The highest BCUT2D eigenvalue weighted by Crippen LogP contribution is 2.41. The molecule has 1 fully saturated rings. The number of hydrogen-bond donors (Lipinski definition) is 2. The quantitative estimate of drug-likeness (QED) is 0.764. The van der Waals surface area contributed by atoms with Gasteiger partial charge in [0.1, 0.15) is 11.4 Å². The number of hydrogen-bond acceptors (Lipinski definition) is 3. The lowest BCUT2D eigenvalue weighted by Crippen LogP contribution is -2.59. The molecule has 20 heavy (non-hydrogen) atoms. The first-order chi connectivity index (χ1) is 9.49. The Morgan fingerprint density at radius 2 is 2.30 bits per heavy atom. The van der Waals surface area contributed by atoms with E-state index in [4.69, 9.17) is 0 Å². The van der Waals surface area contributed by atoms with Crippen LogP contribution in [0.5, 0.6) is 0 Å². The SMILES string of the molecule is CCCc1nccn1CC(NC(C)C)(C(=O)O)C1CC1. The lowest BCUT2D eigenvalue weighted by Gasteiger charge is -2.33. The van der Waals surface area contributed by atoms with Crippen LogP contribution >= 0.6 is 0 Å². The maximum atomic E-state index is 11.9. The first-order valence-corrected chi connectivity index (χ1v) is 7.50. The Morgan fingerprint density at radius 3 is 2.80 bits per heavy atom. The predicted octanol–water partition coefficient (Wildman–Crippen LogP) is 2.07. The second-order valence-corrected chi connectivity index (χ2v) is 6.07. The number of nitrogens with one attached hydrogen (secondary N) is 1. The Labute approximate surface area is 120 Å². The van der Waals surface area contributed by atoms with E-state index in [1.54, 1.807) is 6.20 Å². The number of nitrogens with zero attached hydrogens (tertiary/aromatic N) is 2. The van der Waals surface area contributed by atoms with Crippen LogP contribution in [0.1, 0.15) is 45.9 Å². The lowest BCUT2D eigenvalue weighted by atomic mass is 9.91. The number of aryl methyl sites for hydroxylation is 1. The number of carboxylic acids is 1. The summed E-state index contributed by atoms with van der Waals surface area (Å²) in [5, 5.41) is 13.1. The molecule has 0 radical (unpaired) electrons. The molecule has 5 nitrogen and oxygen atoms in total. The monoisotopic (exact) mass is 279 g/mol. The molecule has 1 aliphatic rings. The van der Waals surface area contributed by atoms with Crippen molar-refractivity contribution in [1.29, 1.82) is 0 Å². The fourth-order valence-electron chi connectivity index (χ4n) is 2.89. The third-order valence-corrected chi connectivity index (χ3v) is 3.90. The summed E-state index contributed by atoms with van der Waals surface area (Å²) in [6.45, 7) is 6.57. The van der Waals surface area contributed by atoms with Crippen LogP contribution in [0.15, 0.2) is 12.4 Å². The van der Waals surface area contributed by atoms with Gasteiger partial charge >= 0.3 is 5.97 Å². The van der Waals surface area contributed by atoms with E-state index < -0.39 is 11.5 Å². The van der Waals surface area contributed by atoms with Crippen LogP contribution < -0.4 is 5.32 Å². The first kappa shape index (κ1) is 15.0. The van der Waals surface area contributed by atoms with Gasteiger partial charge in [0, 0.05) is 24.9 Å².